The van der Waals surface area contributed by atoms with Crippen molar-refractivity contribution in [2.45, 2.75) is 13.8 Å². The summed E-state index contributed by atoms with van der Waals surface area (Å²) in [5.41, 5.74) is 5.25. The zero-order valence-corrected chi connectivity index (χ0v) is 9.31. The first-order valence-electron chi connectivity index (χ1n) is 4.69. The average molecular weight is 237 g/mol. The van der Waals surface area contributed by atoms with E-state index in [4.69, 9.17) is 15.6 Å². The van der Waals surface area contributed by atoms with Crippen molar-refractivity contribution in [2.24, 2.45) is 0 Å². The van der Waals surface area contributed by atoms with Crippen LogP contribution in [0.2, 0.25) is 0 Å². The number of Topliss-reactive ketones (excluding diaryl/α,β-unsaturated/α-hetero) is 1. The molecule has 1 rings (SSSR count). The first-order valence-corrected chi connectivity index (χ1v) is 4.69. The van der Waals surface area contributed by atoms with Crippen LogP contribution in [0.1, 0.15) is 34.6 Å². The average Bonchev–Trinajstić information content (AvgIpc) is 2.18. The summed E-state index contributed by atoms with van der Waals surface area (Å²) in [7, 11) is 0. The fourth-order valence-electron chi connectivity index (χ4n) is 1.33. The highest BCUT2D eigenvalue weighted by molar-refractivity contribution is 6.04. The van der Waals surface area contributed by atoms with Gasteiger partial charge in [0.1, 0.15) is 5.56 Å². The molecule has 1 aromatic carbocycles. The van der Waals surface area contributed by atoms with E-state index in [0.717, 1.165) is 13.0 Å². The monoisotopic (exact) mass is 237 g/mol. The van der Waals surface area contributed by atoms with Gasteiger partial charge in [-0.15, -0.1) is 0 Å². The molecule has 0 amide bonds. The van der Waals surface area contributed by atoms with Gasteiger partial charge in [0.25, 0.3) is 0 Å². The van der Waals surface area contributed by atoms with E-state index in [0.29, 0.717) is 0 Å². The number of carboxylic acids is 1. The number of ketones is 1. The Morgan fingerprint density at radius 1 is 1.18 bits per heavy atom. The molecule has 0 saturated heterocycles. The lowest BCUT2D eigenvalue weighted by atomic mass is 10.0. The second-order valence-corrected chi connectivity index (χ2v) is 3.40. The molecule has 6 heteroatoms. The van der Waals surface area contributed by atoms with Crippen LogP contribution in [0.3, 0.4) is 0 Å². The Morgan fingerprint density at radius 3 is 2.12 bits per heavy atom. The quantitative estimate of drug-likeness (QED) is 0.353. The number of hydrogen-bond acceptors (Lipinski definition) is 5. The third-order valence-corrected chi connectivity index (χ3v) is 1.97. The topological polar surface area (TPSA) is 107 Å². The van der Waals surface area contributed by atoms with Gasteiger partial charge in [-0.25, -0.2) is 4.79 Å². The van der Waals surface area contributed by atoms with Gasteiger partial charge < -0.3 is 15.6 Å². The number of aromatic carboxylic acids is 1. The molecule has 0 aliphatic heterocycles. The van der Waals surface area contributed by atoms with Crippen molar-refractivity contribution in [3.05, 3.63) is 23.3 Å². The second kappa shape index (κ2) is 4.65. The molecule has 0 aromatic heterocycles. The van der Waals surface area contributed by atoms with Crippen LogP contribution in [0.25, 0.3) is 0 Å². The van der Waals surface area contributed by atoms with Crippen LogP contribution < -0.4 is 10.5 Å². The van der Waals surface area contributed by atoms with E-state index in [1.54, 1.807) is 0 Å². The van der Waals surface area contributed by atoms with Crippen LogP contribution in [0.4, 0.5) is 5.69 Å². The minimum absolute atomic E-state index is 0.0300. The number of carbonyl (C=O) groups is 3. The Bertz CT molecular complexity index is 472. The molecule has 17 heavy (non-hydrogen) atoms. The van der Waals surface area contributed by atoms with E-state index in [1.807, 2.05) is 0 Å². The van der Waals surface area contributed by atoms with E-state index >= 15 is 0 Å². The molecule has 90 valence electrons. The van der Waals surface area contributed by atoms with E-state index in [-0.39, 0.29) is 22.6 Å². The number of nitrogen functional groups attached to an aromatic ring is 1. The van der Waals surface area contributed by atoms with Gasteiger partial charge in [0.15, 0.2) is 11.5 Å². The zero-order chi connectivity index (χ0) is 13.2. The van der Waals surface area contributed by atoms with Gasteiger partial charge in [-0.1, -0.05) is 0 Å². The van der Waals surface area contributed by atoms with E-state index < -0.39 is 17.7 Å². The summed E-state index contributed by atoms with van der Waals surface area (Å²) in [5, 5.41) is 8.95. The molecule has 0 radical (unpaired) electrons. The molecule has 0 fully saturated rings. The number of esters is 1. The Morgan fingerprint density at radius 2 is 1.71 bits per heavy atom. The van der Waals surface area contributed by atoms with Gasteiger partial charge in [-0.2, -0.15) is 0 Å². The minimum atomic E-state index is -1.32. The summed E-state index contributed by atoms with van der Waals surface area (Å²) >= 11 is 0. The fourth-order valence-corrected chi connectivity index (χ4v) is 1.33. The predicted molar refractivity (Wildman–Crippen MR) is 59.1 cm³/mol. The minimum Gasteiger partial charge on any atom is -0.478 e. The number of benzene rings is 1. The predicted octanol–water partition coefficient (Wildman–Crippen LogP) is 1.09. The standard InChI is InChI=1S/C11H11NO5/c1-5(13)8-3-7(12)4-9(11(15)16)10(8)17-6(2)14/h3-4H,12H2,1-2H3,(H,15,16). The normalized spacial score (nSPS) is 9.76. The lowest BCUT2D eigenvalue weighted by Gasteiger charge is -2.10. The highest BCUT2D eigenvalue weighted by Crippen LogP contribution is 2.28. The third kappa shape index (κ3) is 2.81. The number of anilines is 1. The Hall–Kier alpha value is -2.37. The van der Waals surface area contributed by atoms with Gasteiger partial charge in [-0.3, -0.25) is 9.59 Å². The molecule has 0 aliphatic carbocycles. The number of carbonyl (C=O) groups excluding carboxylic acids is 2. The van der Waals surface area contributed by atoms with Gasteiger partial charge in [0.05, 0.1) is 5.56 Å². The van der Waals surface area contributed by atoms with Crippen molar-refractivity contribution in [2.75, 3.05) is 5.73 Å². The van der Waals surface area contributed by atoms with Crippen molar-refractivity contribution in [3.63, 3.8) is 0 Å². The maximum atomic E-state index is 11.3. The molecule has 0 saturated carbocycles. The number of rotatable bonds is 3. The van der Waals surface area contributed by atoms with Gasteiger partial charge in [0.2, 0.25) is 0 Å². The first kappa shape index (κ1) is 12.7. The first-order chi connectivity index (χ1) is 7.82. The van der Waals surface area contributed by atoms with Gasteiger partial charge in [0, 0.05) is 12.6 Å². The van der Waals surface area contributed by atoms with Crippen molar-refractivity contribution in [1.82, 2.24) is 0 Å². The SMILES string of the molecule is CC(=O)Oc1c(C(C)=O)cc(N)cc1C(=O)O. The van der Waals surface area contributed by atoms with Crippen LogP contribution in [0.5, 0.6) is 5.75 Å². The molecule has 0 spiro atoms. The van der Waals surface area contributed by atoms with E-state index in [9.17, 15) is 14.4 Å². The Labute approximate surface area is 97.0 Å². The molecule has 6 nitrogen and oxygen atoms in total. The lowest BCUT2D eigenvalue weighted by molar-refractivity contribution is -0.131. The maximum Gasteiger partial charge on any atom is 0.339 e. The van der Waals surface area contributed by atoms with E-state index in [2.05, 4.69) is 0 Å². The van der Waals surface area contributed by atoms with Crippen LogP contribution in [-0.4, -0.2) is 22.8 Å². The van der Waals surface area contributed by atoms with E-state index in [1.165, 1.54) is 13.0 Å². The molecular formula is C11H11NO5. The largest absolute Gasteiger partial charge is 0.478 e. The Kier molecular flexibility index (Phi) is 3.47. The van der Waals surface area contributed by atoms with Crippen LogP contribution in [-0.2, 0) is 4.79 Å². The molecule has 0 aliphatic rings. The van der Waals surface area contributed by atoms with Crippen molar-refractivity contribution >= 4 is 23.4 Å². The smallest absolute Gasteiger partial charge is 0.339 e. The lowest BCUT2D eigenvalue weighted by Crippen LogP contribution is -2.12. The number of ether oxygens (including phenoxy) is 1. The summed E-state index contributed by atoms with van der Waals surface area (Å²) in [6, 6.07) is 2.40. The second-order valence-electron chi connectivity index (χ2n) is 3.40. The molecule has 0 bridgehead atoms. The maximum absolute atomic E-state index is 11.3. The third-order valence-electron chi connectivity index (χ3n) is 1.97. The van der Waals surface area contributed by atoms with Crippen molar-refractivity contribution in [3.8, 4) is 5.75 Å². The highest BCUT2D eigenvalue weighted by Gasteiger charge is 2.20. The van der Waals surface area contributed by atoms with Crippen LogP contribution >= 0.6 is 0 Å². The molecule has 1 aromatic rings. The summed E-state index contributed by atoms with van der Waals surface area (Å²) in [4.78, 5) is 33.2. The number of hydrogen-bond donors (Lipinski definition) is 2. The van der Waals surface area contributed by atoms with Gasteiger partial charge >= 0.3 is 11.9 Å². The number of carboxylic acid groups (broad SMARTS) is 1. The molecule has 0 heterocycles. The highest BCUT2D eigenvalue weighted by atomic mass is 16.5. The van der Waals surface area contributed by atoms with Gasteiger partial charge in [-0.05, 0) is 19.1 Å². The summed E-state index contributed by atoms with van der Waals surface area (Å²) in [6.45, 7) is 2.35. The van der Waals surface area contributed by atoms with Crippen LogP contribution in [0, 0.1) is 0 Å². The molecule has 0 atom stereocenters. The molecule has 0 unspecified atom stereocenters. The number of nitrogens with two attached hydrogens (primary N) is 1. The zero-order valence-electron chi connectivity index (χ0n) is 9.31. The summed E-state index contributed by atoms with van der Waals surface area (Å²) in [6.07, 6.45) is 0. The molecule has 3 N–H and O–H groups in total. The summed E-state index contributed by atoms with van der Waals surface area (Å²) in [5.74, 6) is -2.74. The van der Waals surface area contributed by atoms with Crippen LogP contribution in [0.15, 0.2) is 12.1 Å². The fraction of sp³-hybridized carbons (Fsp3) is 0.182. The molecular weight excluding hydrogens is 226 g/mol. The van der Waals surface area contributed by atoms with Crippen molar-refractivity contribution < 1.29 is 24.2 Å². The van der Waals surface area contributed by atoms with Crippen molar-refractivity contribution in [1.29, 1.82) is 0 Å². The summed E-state index contributed by atoms with van der Waals surface area (Å²) < 4.78 is 4.76. The Balaban J connectivity index is 3.52.